The minimum atomic E-state index is -0.195. The normalized spacial score (nSPS) is 10.5. The van der Waals surface area contributed by atoms with Gasteiger partial charge in [-0.25, -0.2) is 9.97 Å². The quantitative estimate of drug-likeness (QED) is 0.438. The lowest BCUT2D eigenvalue weighted by molar-refractivity contribution is -0.143. The van der Waals surface area contributed by atoms with Crippen LogP contribution in [-0.4, -0.2) is 29.2 Å². The lowest BCUT2D eigenvalue weighted by Gasteiger charge is -2.09. The van der Waals surface area contributed by atoms with Gasteiger partial charge >= 0.3 is 5.97 Å². The molecule has 150 valence electrons. The molecule has 0 aliphatic heterocycles. The highest BCUT2D eigenvalue weighted by Crippen LogP contribution is 2.23. The number of carbonyl (C=O) groups is 1. The molecule has 6 nitrogen and oxygen atoms in total. The molecular formula is C23H25N3O3. The molecular weight excluding hydrogens is 366 g/mol. The van der Waals surface area contributed by atoms with E-state index in [-0.39, 0.29) is 5.97 Å². The van der Waals surface area contributed by atoms with E-state index in [0.717, 1.165) is 28.3 Å². The van der Waals surface area contributed by atoms with Crippen molar-refractivity contribution in [2.45, 2.75) is 26.2 Å². The summed E-state index contributed by atoms with van der Waals surface area (Å²) in [7, 11) is 0. The van der Waals surface area contributed by atoms with Gasteiger partial charge < -0.3 is 15.2 Å². The van der Waals surface area contributed by atoms with Crippen molar-refractivity contribution in [3.8, 4) is 17.0 Å². The Kier molecular flexibility index (Phi) is 7.16. The van der Waals surface area contributed by atoms with Gasteiger partial charge in [0, 0.05) is 18.4 Å². The van der Waals surface area contributed by atoms with Gasteiger partial charge in [-0.3, -0.25) is 4.79 Å². The van der Waals surface area contributed by atoms with Crippen molar-refractivity contribution in [1.82, 2.24) is 9.97 Å². The molecule has 2 N–H and O–H groups in total. The van der Waals surface area contributed by atoms with Gasteiger partial charge in [0.25, 0.3) is 0 Å². The zero-order valence-electron chi connectivity index (χ0n) is 16.5. The van der Waals surface area contributed by atoms with E-state index in [2.05, 4.69) is 4.98 Å². The second kappa shape index (κ2) is 10.2. The molecule has 0 unspecified atom stereocenters. The fraction of sp³-hybridized carbons (Fsp3) is 0.261. The van der Waals surface area contributed by atoms with Crippen molar-refractivity contribution in [1.29, 1.82) is 0 Å². The molecule has 0 bridgehead atoms. The zero-order chi connectivity index (χ0) is 20.5. The monoisotopic (exact) mass is 391 g/mol. The average molecular weight is 391 g/mol. The standard InChI is InChI=1S/C23H25N3O3/c1-2-28-22(27)9-6-14-29-19-12-10-18(11-13-19)21-16-25-23(24)20(26-21)15-17-7-4-3-5-8-17/h3-5,7-8,10-13,16H,2,6,9,14-15H2,1H3,(H2,24,25). The first-order valence-corrected chi connectivity index (χ1v) is 9.70. The van der Waals surface area contributed by atoms with E-state index in [1.165, 1.54) is 0 Å². The van der Waals surface area contributed by atoms with Crippen molar-refractivity contribution in [2.75, 3.05) is 18.9 Å². The van der Waals surface area contributed by atoms with E-state index >= 15 is 0 Å². The Morgan fingerprint density at radius 3 is 2.55 bits per heavy atom. The molecule has 0 saturated carbocycles. The van der Waals surface area contributed by atoms with Gasteiger partial charge in [0.2, 0.25) is 0 Å². The van der Waals surface area contributed by atoms with Crippen molar-refractivity contribution < 1.29 is 14.3 Å². The van der Waals surface area contributed by atoms with Gasteiger partial charge in [-0.2, -0.15) is 0 Å². The van der Waals surface area contributed by atoms with E-state index in [1.807, 2.05) is 54.6 Å². The van der Waals surface area contributed by atoms with Gasteiger partial charge in [-0.1, -0.05) is 30.3 Å². The molecule has 0 aliphatic carbocycles. The zero-order valence-corrected chi connectivity index (χ0v) is 16.5. The molecule has 0 aliphatic rings. The molecule has 3 aromatic rings. The van der Waals surface area contributed by atoms with Crippen molar-refractivity contribution in [2.24, 2.45) is 0 Å². The fourth-order valence-corrected chi connectivity index (χ4v) is 2.86. The second-order valence-electron chi connectivity index (χ2n) is 6.53. The number of hydrogen-bond donors (Lipinski definition) is 1. The molecule has 0 amide bonds. The number of aromatic nitrogens is 2. The molecule has 0 spiro atoms. The van der Waals surface area contributed by atoms with Crippen LogP contribution in [0.1, 0.15) is 31.0 Å². The Morgan fingerprint density at radius 2 is 1.83 bits per heavy atom. The average Bonchev–Trinajstić information content (AvgIpc) is 2.74. The van der Waals surface area contributed by atoms with Gasteiger partial charge in [-0.05, 0) is 43.2 Å². The van der Waals surface area contributed by atoms with E-state index in [1.54, 1.807) is 13.1 Å². The van der Waals surface area contributed by atoms with Gasteiger partial charge in [0.15, 0.2) is 0 Å². The van der Waals surface area contributed by atoms with E-state index in [9.17, 15) is 4.79 Å². The third-order valence-corrected chi connectivity index (χ3v) is 4.34. The predicted octanol–water partition coefficient (Wildman–Crippen LogP) is 4.04. The Balaban J connectivity index is 1.61. The number of nitrogen functional groups attached to an aromatic ring is 1. The maximum absolute atomic E-state index is 11.3. The molecule has 0 saturated heterocycles. The van der Waals surface area contributed by atoms with Crippen molar-refractivity contribution >= 4 is 11.8 Å². The number of benzene rings is 2. The predicted molar refractivity (Wildman–Crippen MR) is 112 cm³/mol. The van der Waals surface area contributed by atoms with Crippen LogP contribution in [0.5, 0.6) is 5.75 Å². The minimum absolute atomic E-state index is 0.195. The van der Waals surface area contributed by atoms with Gasteiger partial charge in [0.1, 0.15) is 11.6 Å². The SMILES string of the molecule is CCOC(=O)CCCOc1ccc(-c2cnc(N)c(Cc3ccccc3)n2)cc1. The third kappa shape index (κ3) is 6.04. The number of rotatable bonds is 9. The first-order valence-electron chi connectivity index (χ1n) is 9.70. The van der Waals surface area contributed by atoms with Gasteiger partial charge in [-0.15, -0.1) is 0 Å². The van der Waals surface area contributed by atoms with Crippen molar-refractivity contribution in [3.05, 3.63) is 72.1 Å². The highest BCUT2D eigenvalue weighted by molar-refractivity contribution is 5.69. The lowest BCUT2D eigenvalue weighted by atomic mass is 10.1. The summed E-state index contributed by atoms with van der Waals surface area (Å²) >= 11 is 0. The molecule has 6 heteroatoms. The maximum atomic E-state index is 11.3. The Hall–Kier alpha value is -3.41. The van der Waals surface area contributed by atoms with E-state index < -0.39 is 0 Å². The van der Waals surface area contributed by atoms with Crippen LogP contribution in [0.2, 0.25) is 0 Å². The maximum Gasteiger partial charge on any atom is 0.305 e. The van der Waals surface area contributed by atoms with Crippen LogP contribution in [0.15, 0.2) is 60.8 Å². The Labute approximate surface area is 170 Å². The lowest BCUT2D eigenvalue weighted by Crippen LogP contribution is -2.06. The minimum Gasteiger partial charge on any atom is -0.494 e. The Bertz CT molecular complexity index is 928. The molecule has 1 aromatic heterocycles. The van der Waals surface area contributed by atoms with E-state index in [0.29, 0.717) is 38.3 Å². The Morgan fingerprint density at radius 1 is 1.07 bits per heavy atom. The summed E-state index contributed by atoms with van der Waals surface area (Å²) in [6, 6.07) is 17.7. The summed E-state index contributed by atoms with van der Waals surface area (Å²) in [5.74, 6) is 0.990. The number of carbonyl (C=O) groups excluding carboxylic acids is 1. The molecule has 0 atom stereocenters. The highest BCUT2D eigenvalue weighted by atomic mass is 16.5. The molecule has 0 fully saturated rings. The second-order valence-corrected chi connectivity index (χ2v) is 6.53. The summed E-state index contributed by atoms with van der Waals surface area (Å²) in [5.41, 5.74) is 9.61. The molecule has 0 radical (unpaired) electrons. The van der Waals surface area contributed by atoms with Gasteiger partial charge in [0.05, 0.1) is 30.8 Å². The number of esters is 1. The number of nitrogens with zero attached hydrogens (tertiary/aromatic N) is 2. The molecule has 1 heterocycles. The summed E-state index contributed by atoms with van der Waals surface area (Å²) in [6.45, 7) is 2.66. The van der Waals surface area contributed by atoms with Crippen LogP contribution < -0.4 is 10.5 Å². The van der Waals surface area contributed by atoms with Crippen LogP contribution in [0.3, 0.4) is 0 Å². The third-order valence-electron chi connectivity index (χ3n) is 4.34. The first-order chi connectivity index (χ1) is 14.2. The summed E-state index contributed by atoms with van der Waals surface area (Å²) in [4.78, 5) is 20.3. The number of nitrogens with two attached hydrogens (primary N) is 1. The molecule has 29 heavy (non-hydrogen) atoms. The van der Waals surface area contributed by atoms with Crippen LogP contribution in [0, 0.1) is 0 Å². The van der Waals surface area contributed by atoms with E-state index in [4.69, 9.17) is 20.2 Å². The summed E-state index contributed by atoms with van der Waals surface area (Å²) in [6.07, 6.45) is 3.29. The number of ether oxygens (including phenoxy) is 2. The fourth-order valence-electron chi connectivity index (χ4n) is 2.86. The molecule has 2 aromatic carbocycles. The van der Waals surface area contributed by atoms with Crippen LogP contribution in [0.25, 0.3) is 11.3 Å². The van der Waals surface area contributed by atoms with Crippen molar-refractivity contribution in [3.63, 3.8) is 0 Å². The van der Waals surface area contributed by atoms with Crippen LogP contribution in [0.4, 0.5) is 5.82 Å². The molecule has 3 rings (SSSR count). The topological polar surface area (TPSA) is 87.3 Å². The summed E-state index contributed by atoms with van der Waals surface area (Å²) < 4.78 is 10.6. The number of hydrogen-bond acceptors (Lipinski definition) is 6. The first kappa shape index (κ1) is 20.3. The smallest absolute Gasteiger partial charge is 0.305 e. The summed E-state index contributed by atoms with van der Waals surface area (Å²) in [5, 5.41) is 0. The van der Waals surface area contributed by atoms with Crippen LogP contribution in [-0.2, 0) is 16.0 Å². The largest absolute Gasteiger partial charge is 0.494 e. The number of anilines is 1. The highest BCUT2D eigenvalue weighted by Gasteiger charge is 2.08. The van der Waals surface area contributed by atoms with Crippen LogP contribution >= 0.6 is 0 Å².